The van der Waals surface area contributed by atoms with E-state index in [2.05, 4.69) is 15.3 Å². The maximum Gasteiger partial charge on any atom is 0.410 e. The van der Waals surface area contributed by atoms with Crippen LogP contribution in [0.4, 0.5) is 10.5 Å². The summed E-state index contributed by atoms with van der Waals surface area (Å²) in [7, 11) is 0. The van der Waals surface area contributed by atoms with Crippen molar-refractivity contribution in [1.82, 2.24) is 14.9 Å². The molecule has 2 amide bonds. The summed E-state index contributed by atoms with van der Waals surface area (Å²) in [5.74, 6) is 0.788. The molecule has 1 saturated heterocycles. The van der Waals surface area contributed by atoms with Gasteiger partial charge in [0.25, 0.3) is 0 Å². The summed E-state index contributed by atoms with van der Waals surface area (Å²) < 4.78 is 5.47. The van der Waals surface area contributed by atoms with Crippen LogP contribution in [0.2, 0.25) is 0 Å². The minimum Gasteiger partial charge on any atom is -0.444 e. The summed E-state index contributed by atoms with van der Waals surface area (Å²) in [5, 5.41) is 3.01. The van der Waals surface area contributed by atoms with E-state index in [1.54, 1.807) is 17.3 Å². The first-order valence-corrected chi connectivity index (χ1v) is 9.22. The number of rotatable bonds is 1. The molecule has 27 heavy (non-hydrogen) atoms. The molecule has 4 rings (SSSR count). The van der Waals surface area contributed by atoms with E-state index in [1.807, 2.05) is 39.0 Å². The highest BCUT2D eigenvalue weighted by Gasteiger charge is 2.49. The minimum atomic E-state index is -0.601. The highest BCUT2D eigenvalue weighted by molar-refractivity contribution is 6.06. The van der Waals surface area contributed by atoms with Crippen LogP contribution >= 0.6 is 0 Å². The Kier molecular flexibility index (Phi) is 3.98. The van der Waals surface area contributed by atoms with Crippen LogP contribution in [0.5, 0.6) is 0 Å². The van der Waals surface area contributed by atoms with Gasteiger partial charge >= 0.3 is 6.09 Å². The predicted octanol–water partition coefficient (Wildman–Crippen LogP) is 3.30. The predicted molar refractivity (Wildman–Crippen MR) is 101 cm³/mol. The average Bonchev–Trinajstić information content (AvgIpc) is 3.22. The lowest BCUT2D eigenvalue weighted by Gasteiger charge is -2.38. The first-order valence-electron chi connectivity index (χ1n) is 9.22. The van der Waals surface area contributed by atoms with Crippen molar-refractivity contribution in [3.8, 4) is 11.4 Å². The Bertz CT molecular complexity index is 875. The lowest BCUT2D eigenvalue weighted by atomic mass is 9.73. The van der Waals surface area contributed by atoms with Crippen LogP contribution in [0.25, 0.3) is 11.4 Å². The Hall–Kier alpha value is -2.83. The number of amides is 2. The molecule has 142 valence electrons. The zero-order valence-electron chi connectivity index (χ0n) is 15.8. The van der Waals surface area contributed by atoms with E-state index in [4.69, 9.17) is 4.74 Å². The summed E-state index contributed by atoms with van der Waals surface area (Å²) in [6, 6.07) is 5.92. The third kappa shape index (κ3) is 3.07. The second kappa shape index (κ2) is 6.11. The molecule has 1 spiro atoms. The Morgan fingerprint density at radius 2 is 2.00 bits per heavy atom. The molecule has 0 saturated carbocycles. The van der Waals surface area contributed by atoms with Crippen LogP contribution in [0.1, 0.15) is 39.2 Å². The summed E-state index contributed by atoms with van der Waals surface area (Å²) in [6.45, 7) is 6.55. The number of likely N-dealkylation sites (tertiary alicyclic amines) is 1. The van der Waals surface area contributed by atoms with E-state index < -0.39 is 11.0 Å². The van der Waals surface area contributed by atoms with Gasteiger partial charge in [-0.2, -0.15) is 0 Å². The smallest absolute Gasteiger partial charge is 0.410 e. The fraction of sp³-hybridized carbons (Fsp3) is 0.450. The molecule has 0 unspecified atom stereocenters. The molecule has 0 bridgehead atoms. The molecular formula is C20H24N4O3. The van der Waals surface area contributed by atoms with E-state index in [0.29, 0.717) is 25.9 Å². The Labute approximate surface area is 158 Å². The van der Waals surface area contributed by atoms with Crippen molar-refractivity contribution in [1.29, 1.82) is 0 Å². The zero-order chi connectivity index (χ0) is 19.2. The highest BCUT2D eigenvalue weighted by atomic mass is 16.6. The molecule has 2 aliphatic heterocycles. The second-order valence-corrected chi connectivity index (χ2v) is 8.20. The Morgan fingerprint density at radius 3 is 2.63 bits per heavy atom. The Morgan fingerprint density at radius 1 is 1.26 bits per heavy atom. The molecule has 0 atom stereocenters. The number of H-pyrrole nitrogens is 1. The molecule has 1 aromatic heterocycles. The van der Waals surface area contributed by atoms with Crippen LogP contribution in [-0.2, 0) is 14.9 Å². The van der Waals surface area contributed by atoms with E-state index in [1.165, 1.54) is 0 Å². The van der Waals surface area contributed by atoms with Gasteiger partial charge in [-0.25, -0.2) is 9.78 Å². The summed E-state index contributed by atoms with van der Waals surface area (Å²) in [4.78, 5) is 34.3. The molecule has 2 aliphatic rings. The molecule has 7 heteroatoms. The van der Waals surface area contributed by atoms with Crippen LogP contribution in [0, 0.1) is 0 Å². The summed E-state index contributed by atoms with van der Waals surface area (Å²) >= 11 is 0. The van der Waals surface area contributed by atoms with Crippen LogP contribution in [0.15, 0.2) is 30.6 Å². The number of carbonyl (C=O) groups is 2. The van der Waals surface area contributed by atoms with E-state index >= 15 is 0 Å². The topological polar surface area (TPSA) is 87.3 Å². The number of hydrogen-bond donors (Lipinski definition) is 2. The van der Waals surface area contributed by atoms with E-state index in [-0.39, 0.29) is 12.0 Å². The number of aromatic amines is 1. The monoisotopic (exact) mass is 368 g/mol. The van der Waals surface area contributed by atoms with Crippen molar-refractivity contribution in [3.63, 3.8) is 0 Å². The lowest BCUT2D eigenvalue weighted by molar-refractivity contribution is -0.122. The number of carbonyl (C=O) groups excluding carboxylic acids is 2. The number of ether oxygens (including phenoxy) is 1. The van der Waals surface area contributed by atoms with Gasteiger partial charge in [-0.1, -0.05) is 0 Å². The Balaban J connectivity index is 1.58. The normalized spacial score (nSPS) is 18.3. The number of hydrogen-bond acceptors (Lipinski definition) is 4. The zero-order valence-corrected chi connectivity index (χ0v) is 15.8. The van der Waals surface area contributed by atoms with Gasteiger partial charge in [-0.3, -0.25) is 4.79 Å². The third-order valence-electron chi connectivity index (χ3n) is 5.26. The fourth-order valence-electron chi connectivity index (χ4n) is 3.88. The van der Waals surface area contributed by atoms with Gasteiger partial charge in [0.15, 0.2) is 0 Å². The first kappa shape index (κ1) is 17.6. The summed E-state index contributed by atoms with van der Waals surface area (Å²) in [6.07, 6.45) is 4.32. The fourth-order valence-corrected chi connectivity index (χ4v) is 3.88. The number of benzene rings is 1. The van der Waals surface area contributed by atoms with Crippen LogP contribution in [0.3, 0.4) is 0 Å². The van der Waals surface area contributed by atoms with Crippen molar-refractivity contribution < 1.29 is 14.3 Å². The maximum atomic E-state index is 12.8. The van der Waals surface area contributed by atoms with Crippen molar-refractivity contribution >= 4 is 17.7 Å². The molecular weight excluding hydrogens is 344 g/mol. The SMILES string of the molecule is CC(C)(C)OC(=O)N1CCC2(CC1)C(=O)Nc1ccc(-c3ncc[nH]3)cc12. The van der Waals surface area contributed by atoms with E-state index in [0.717, 1.165) is 22.6 Å². The molecule has 2 aromatic rings. The lowest BCUT2D eigenvalue weighted by Crippen LogP contribution is -2.49. The molecule has 1 fully saturated rings. The standard InChI is InChI=1S/C20H24N4O3/c1-19(2,3)27-18(26)24-10-6-20(7-11-24)14-12-13(16-21-8-9-22-16)4-5-15(14)23-17(20)25/h4-5,8-9,12H,6-7,10-11H2,1-3H3,(H,21,22)(H,23,25). The van der Waals surface area contributed by atoms with Gasteiger partial charge in [0.2, 0.25) is 5.91 Å². The van der Waals surface area contributed by atoms with Gasteiger partial charge in [0.1, 0.15) is 11.4 Å². The van der Waals surface area contributed by atoms with Crippen molar-refractivity contribution in [3.05, 3.63) is 36.2 Å². The quantitative estimate of drug-likeness (QED) is 0.808. The van der Waals surface area contributed by atoms with Gasteiger partial charge < -0.3 is 19.9 Å². The molecule has 0 aliphatic carbocycles. The van der Waals surface area contributed by atoms with Gasteiger partial charge in [0, 0.05) is 36.7 Å². The van der Waals surface area contributed by atoms with Crippen LogP contribution < -0.4 is 5.32 Å². The molecule has 0 radical (unpaired) electrons. The number of aromatic nitrogens is 2. The number of imidazole rings is 1. The van der Waals surface area contributed by atoms with Gasteiger partial charge in [-0.15, -0.1) is 0 Å². The first-order chi connectivity index (χ1) is 12.8. The number of nitrogens with zero attached hydrogens (tertiary/aromatic N) is 2. The minimum absolute atomic E-state index is 0.0120. The number of piperidine rings is 1. The van der Waals surface area contributed by atoms with E-state index in [9.17, 15) is 9.59 Å². The maximum absolute atomic E-state index is 12.8. The van der Waals surface area contributed by atoms with Crippen molar-refractivity contribution in [2.75, 3.05) is 18.4 Å². The molecule has 1 aromatic carbocycles. The van der Waals surface area contributed by atoms with Crippen molar-refractivity contribution in [2.24, 2.45) is 0 Å². The number of nitrogens with one attached hydrogen (secondary N) is 2. The van der Waals surface area contributed by atoms with Crippen LogP contribution in [-0.4, -0.2) is 45.6 Å². The van der Waals surface area contributed by atoms with Crippen molar-refractivity contribution in [2.45, 2.75) is 44.6 Å². The molecule has 3 heterocycles. The summed E-state index contributed by atoms with van der Waals surface area (Å²) in [5.41, 5.74) is 1.66. The third-order valence-corrected chi connectivity index (χ3v) is 5.26. The highest BCUT2D eigenvalue weighted by Crippen LogP contribution is 2.46. The largest absolute Gasteiger partial charge is 0.444 e. The number of anilines is 1. The number of fused-ring (bicyclic) bond motifs is 2. The van der Waals surface area contributed by atoms with Gasteiger partial charge in [-0.05, 0) is 57.4 Å². The molecule has 7 nitrogen and oxygen atoms in total. The van der Waals surface area contributed by atoms with Gasteiger partial charge in [0.05, 0.1) is 5.41 Å². The second-order valence-electron chi connectivity index (χ2n) is 8.20. The average molecular weight is 368 g/mol. The molecule has 2 N–H and O–H groups in total.